The van der Waals surface area contributed by atoms with Crippen LogP contribution in [0.1, 0.15) is 43.7 Å². The normalized spacial score (nSPS) is 23.6. The molecule has 1 aliphatic rings. The summed E-state index contributed by atoms with van der Waals surface area (Å²) in [5.74, 6) is 0.0615. The van der Waals surface area contributed by atoms with Gasteiger partial charge in [0.1, 0.15) is 0 Å². The van der Waals surface area contributed by atoms with Crippen molar-refractivity contribution in [2.45, 2.75) is 45.2 Å². The fourth-order valence-corrected chi connectivity index (χ4v) is 4.26. The van der Waals surface area contributed by atoms with Crippen molar-refractivity contribution >= 4 is 5.97 Å². The van der Waals surface area contributed by atoms with Gasteiger partial charge in [0.05, 0.1) is 12.5 Å². The summed E-state index contributed by atoms with van der Waals surface area (Å²) < 4.78 is 5.36. The number of benzene rings is 2. The molecule has 28 heavy (non-hydrogen) atoms. The van der Waals surface area contributed by atoms with Gasteiger partial charge in [0.25, 0.3) is 0 Å². The predicted octanol–water partition coefficient (Wildman–Crippen LogP) is 5.19. The molecule has 0 aliphatic carbocycles. The first-order valence-corrected chi connectivity index (χ1v) is 10.3. The Balaban J connectivity index is 1.91. The average Bonchev–Trinajstić information content (AvgIpc) is 2.71. The van der Waals surface area contributed by atoms with E-state index in [9.17, 15) is 4.79 Å². The first-order valence-electron chi connectivity index (χ1n) is 10.3. The summed E-state index contributed by atoms with van der Waals surface area (Å²) in [4.78, 5) is 15.0. The van der Waals surface area contributed by atoms with E-state index in [1.807, 2.05) is 13.0 Å². The minimum absolute atomic E-state index is 0.0845. The quantitative estimate of drug-likeness (QED) is 0.530. The Hall–Kier alpha value is -2.39. The molecule has 0 N–H and O–H groups in total. The van der Waals surface area contributed by atoms with Crippen LogP contribution in [0.25, 0.3) is 0 Å². The SMILES string of the molecule is C=C1CCC(C(=O)OCC)CN(Cc2ccccc2)[C@@H](C)[C@@H]1c1ccccc1. The highest BCUT2D eigenvalue weighted by molar-refractivity contribution is 5.72. The molecule has 2 aromatic rings. The Kier molecular flexibility index (Phi) is 7.05. The largest absolute Gasteiger partial charge is 0.466 e. The third-order valence-corrected chi connectivity index (χ3v) is 5.77. The van der Waals surface area contributed by atoms with Crippen LogP contribution in [0, 0.1) is 5.92 Å². The maximum absolute atomic E-state index is 12.5. The van der Waals surface area contributed by atoms with E-state index >= 15 is 0 Å². The molecule has 3 rings (SSSR count). The number of hydrogen-bond acceptors (Lipinski definition) is 3. The third kappa shape index (κ3) is 4.90. The van der Waals surface area contributed by atoms with Gasteiger partial charge in [-0.2, -0.15) is 0 Å². The van der Waals surface area contributed by atoms with E-state index in [-0.39, 0.29) is 23.8 Å². The molecular weight excluding hydrogens is 346 g/mol. The van der Waals surface area contributed by atoms with Gasteiger partial charge in [0.15, 0.2) is 0 Å². The Morgan fingerprint density at radius 3 is 2.39 bits per heavy atom. The van der Waals surface area contributed by atoms with Crippen molar-refractivity contribution in [3.05, 3.63) is 83.9 Å². The topological polar surface area (TPSA) is 29.5 Å². The second-order valence-corrected chi connectivity index (χ2v) is 7.69. The van der Waals surface area contributed by atoms with Gasteiger partial charge in [0, 0.05) is 25.0 Å². The molecule has 0 spiro atoms. The van der Waals surface area contributed by atoms with Crippen molar-refractivity contribution in [2.75, 3.05) is 13.2 Å². The Morgan fingerprint density at radius 2 is 1.75 bits per heavy atom. The molecule has 1 unspecified atom stereocenters. The molecule has 1 saturated heterocycles. The predicted molar refractivity (Wildman–Crippen MR) is 114 cm³/mol. The van der Waals surface area contributed by atoms with Gasteiger partial charge >= 0.3 is 5.97 Å². The first-order chi connectivity index (χ1) is 13.6. The minimum atomic E-state index is -0.111. The van der Waals surface area contributed by atoms with E-state index in [1.165, 1.54) is 16.7 Å². The lowest BCUT2D eigenvalue weighted by atomic mass is 9.80. The zero-order valence-electron chi connectivity index (χ0n) is 17.0. The molecule has 3 atom stereocenters. The van der Waals surface area contributed by atoms with Crippen LogP contribution in [-0.4, -0.2) is 30.1 Å². The van der Waals surface area contributed by atoms with Gasteiger partial charge in [0.2, 0.25) is 0 Å². The molecule has 0 amide bonds. The highest BCUT2D eigenvalue weighted by Gasteiger charge is 2.34. The monoisotopic (exact) mass is 377 g/mol. The van der Waals surface area contributed by atoms with E-state index in [0.29, 0.717) is 13.2 Å². The van der Waals surface area contributed by atoms with E-state index in [4.69, 9.17) is 4.74 Å². The smallest absolute Gasteiger partial charge is 0.310 e. The number of rotatable bonds is 5. The summed E-state index contributed by atoms with van der Waals surface area (Å²) in [6, 6.07) is 21.3. The Morgan fingerprint density at radius 1 is 1.11 bits per heavy atom. The van der Waals surface area contributed by atoms with Crippen LogP contribution in [0.15, 0.2) is 72.8 Å². The number of likely N-dealkylation sites (tertiary alicyclic amines) is 1. The molecule has 1 heterocycles. The van der Waals surface area contributed by atoms with E-state index in [1.54, 1.807) is 0 Å². The Labute approximate surface area is 169 Å². The van der Waals surface area contributed by atoms with Crippen LogP contribution in [0.4, 0.5) is 0 Å². The minimum Gasteiger partial charge on any atom is -0.466 e. The number of nitrogens with zero attached hydrogens (tertiary/aromatic N) is 1. The maximum Gasteiger partial charge on any atom is 0.310 e. The molecule has 3 nitrogen and oxygen atoms in total. The standard InChI is InChI=1S/C25H31NO2/c1-4-28-25(27)23-16-15-19(2)24(22-13-9-6-10-14-22)20(3)26(18-23)17-21-11-7-5-8-12-21/h5-14,20,23-24H,2,4,15-18H2,1,3H3/t20-,23?,24+/m0/s1. The molecule has 148 valence electrons. The van der Waals surface area contributed by atoms with Gasteiger partial charge in [-0.25, -0.2) is 0 Å². The van der Waals surface area contributed by atoms with Gasteiger partial charge in [-0.1, -0.05) is 72.8 Å². The summed E-state index contributed by atoms with van der Waals surface area (Å²) in [6.45, 7) is 10.5. The van der Waals surface area contributed by atoms with Crippen molar-refractivity contribution in [3.63, 3.8) is 0 Å². The van der Waals surface area contributed by atoms with E-state index < -0.39 is 0 Å². The first kappa shape index (κ1) is 20.3. The summed E-state index contributed by atoms with van der Waals surface area (Å²) in [5.41, 5.74) is 3.76. The summed E-state index contributed by atoms with van der Waals surface area (Å²) in [5, 5.41) is 0. The second kappa shape index (κ2) is 9.70. The lowest BCUT2D eigenvalue weighted by molar-refractivity contribution is -0.149. The summed E-state index contributed by atoms with van der Waals surface area (Å²) >= 11 is 0. The van der Waals surface area contributed by atoms with Crippen LogP contribution in [0.3, 0.4) is 0 Å². The lowest BCUT2D eigenvalue weighted by Gasteiger charge is -2.40. The molecule has 3 heteroatoms. The van der Waals surface area contributed by atoms with Crippen LogP contribution in [0.5, 0.6) is 0 Å². The molecule has 0 saturated carbocycles. The summed E-state index contributed by atoms with van der Waals surface area (Å²) in [7, 11) is 0. The fourth-order valence-electron chi connectivity index (χ4n) is 4.26. The number of carbonyl (C=O) groups excluding carboxylic acids is 1. The van der Waals surface area contributed by atoms with E-state index in [2.05, 4.69) is 73.0 Å². The molecular formula is C25H31NO2. The van der Waals surface area contributed by atoms with E-state index in [0.717, 1.165) is 19.4 Å². The van der Waals surface area contributed by atoms with Crippen molar-refractivity contribution in [1.29, 1.82) is 0 Å². The number of hydrogen-bond donors (Lipinski definition) is 0. The molecule has 1 aliphatic heterocycles. The highest BCUT2D eigenvalue weighted by Crippen LogP contribution is 2.36. The lowest BCUT2D eigenvalue weighted by Crippen LogP contribution is -2.44. The number of ether oxygens (including phenoxy) is 1. The fraction of sp³-hybridized carbons (Fsp3) is 0.400. The average molecular weight is 378 g/mol. The summed E-state index contributed by atoms with van der Waals surface area (Å²) in [6.07, 6.45) is 1.64. The van der Waals surface area contributed by atoms with Crippen molar-refractivity contribution < 1.29 is 9.53 Å². The number of esters is 1. The zero-order valence-corrected chi connectivity index (χ0v) is 17.0. The zero-order chi connectivity index (χ0) is 19.9. The molecule has 1 fully saturated rings. The molecule has 0 bridgehead atoms. The van der Waals surface area contributed by atoms with Gasteiger partial charge in [-0.15, -0.1) is 0 Å². The maximum atomic E-state index is 12.5. The van der Waals surface area contributed by atoms with Crippen LogP contribution in [-0.2, 0) is 16.1 Å². The van der Waals surface area contributed by atoms with Gasteiger partial charge in [-0.05, 0) is 37.8 Å². The Bertz CT molecular complexity index is 772. The molecule has 0 aromatic heterocycles. The molecule has 2 aromatic carbocycles. The highest BCUT2D eigenvalue weighted by atomic mass is 16.5. The van der Waals surface area contributed by atoms with Gasteiger partial charge in [-0.3, -0.25) is 9.69 Å². The number of carbonyl (C=O) groups is 1. The second-order valence-electron chi connectivity index (χ2n) is 7.69. The molecule has 0 radical (unpaired) electrons. The van der Waals surface area contributed by atoms with Gasteiger partial charge < -0.3 is 4.74 Å². The third-order valence-electron chi connectivity index (χ3n) is 5.77. The van der Waals surface area contributed by atoms with Crippen LogP contribution >= 0.6 is 0 Å². The van der Waals surface area contributed by atoms with Crippen LogP contribution < -0.4 is 0 Å². The van der Waals surface area contributed by atoms with Crippen molar-refractivity contribution in [3.8, 4) is 0 Å². The van der Waals surface area contributed by atoms with Crippen molar-refractivity contribution in [1.82, 2.24) is 4.90 Å². The van der Waals surface area contributed by atoms with Crippen LogP contribution in [0.2, 0.25) is 0 Å². The van der Waals surface area contributed by atoms with Crippen molar-refractivity contribution in [2.24, 2.45) is 5.92 Å².